The van der Waals surface area contributed by atoms with Crippen molar-refractivity contribution in [1.82, 2.24) is 5.32 Å². The van der Waals surface area contributed by atoms with Gasteiger partial charge in [-0.15, -0.1) is 0 Å². The van der Waals surface area contributed by atoms with Crippen LogP contribution in [0.4, 0.5) is 5.69 Å². The lowest BCUT2D eigenvalue weighted by Crippen LogP contribution is -2.32. The maximum Gasteiger partial charge on any atom is 0.337 e. The second kappa shape index (κ2) is 9.30. The third-order valence-electron chi connectivity index (χ3n) is 3.72. The van der Waals surface area contributed by atoms with Crippen LogP contribution in [0.5, 0.6) is 0 Å². The molecule has 0 aliphatic heterocycles. The van der Waals surface area contributed by atoms with Gasteiger partial charge in [-0.3, -0.25) is 10.1 Å². The highest BCUT2D eigenvalue weighted by molar-refractivity contribution is 7.80. The Bertz CT molecular complexity index is 893. The Morgan fingerprint density at radius 2 is 1.81 bits per heavy atom. The summed E-state index contributed by atoms with van der Waals surface area (Å²) in [6.07, 6.45) is 3.07. The maximum absolute atomic E-state index is 12.0. The van der Waals surface area contributed by atoms with Gasteiger partial charge in [0.25, 0.3) is 0 Å². The highest BCUT2D eigenvalue weighted by atomic mass is 35.5. The minimum atomic E-state index is -1.15. The van der Waals surface area contributed by atoms with Gasteiger partial charge in [-0.25, -0.2) is 4.79 Å². The van der Waals surface area contributed by atoms with E-state index in [1.165, 1.54) is 23.8 Å². The number of carbonyl (C=O) groups is 2. The van der Waals surface area contributed by atoms with Crippen LogP contribution < -0.4 is 10.6 Å². The Balaban J connectivity index is 1.94. The zero-order valence-electron chi connectivity index (χ0n) is 14.8. The van der Waals surface area contributed by atoms with E-state index < -0.39 is 11.9 Å². The van der Waals surface area contributed by atoms with Crippen LogP contribution in [0.1, 0.15) is 41.3 Å². The van der Waals surface area contributed by atoms with Crippen LogP contribution in [-0.2, 0) is 4.79 Å². The number of thiocarbonyl (C=S) groups is 1. The van der Waals surface area contributed by atoms with E-state index in [9.17, 15) is 9.59 Å². The predicted molar refractivity (Wildman–Crippen MR) is 112 cm³/mol. The van der Waals surface area contributed by atoms with E-state index in [0.29, 0.717) is 11.6 Å². The van der Waals surface area contributed by atoms with Crippen molar-refractivity contribution in [2.75, 3.05) is 5.32 Å². The molecule has 0 radical (unpaired) electrons. The average molecular weight is 403 g/mol. The topological polar surface area (TPSA) is 78.4 Å². The van der Waals surface area contributed by atoms with Crippen molar-refractivity contribution in [1.29, 1.82) is 0 Å². The fourth-order valence-corrected chi connectivity index (χ4v) is 2.66. The average Bonchev–Trinajstić information content (AvgIpc) is 2.61. The van der Waals surface area contributed by atoms with Gasteiger partial charge in [-0.1, -0.05) is 49.7 Å². The molecular formula is C20H19ClN2O3S. The smallest absolute Gasteiger partial charge is 0.337 e. The third-order valence-corrected chi connectivity index (χ3v) is 4.26. The summed E-state index contributed by atoms with van der Waals surface area (Å²) in [5, 5.41) is 14.5. The molecule has 0 spiro atoms. The summed E-state index contributed by atoms with van der Waals surface area (Å²) < 4.78 is 0. The summed E-state index contributed by atoms with van der Waals surface area (Å²) >= 11 is 10.9. The van der Waals surface area contributed by atoms with Crippen LogP contribution >= 0.6 is 23.8 Å². The lowest BCUT2D eigenvalue weighted by molar-refractivity contribution is -0.115. The fraction of sp³-hybridized carbons (Fsp3) is 0.150. The summed E-state index contributed by atoms with van der Waals surface area (Å²) in [5.41, 5.74) is 2.48. The van der Waals surface area contributed by atoms with Crippen molar-refractivity contribution in [2.24, 2.45) is 0 Å². The van der Waals surface area contributed by atoms with E-state index in [1.54, 1.807) is 12.1 Å². The van der Waals surface area contributed by atoms with Gasteiger partial charge in [0.1, 0.15) is 0 Å². The fourth-order valence-electron chi connectivity index (χ4n) is 2.25. The summed E-state index contributed by atoms with van der Waals surface area (Å²) in [6, 6.07) is 12.3. The number of aromatic carboxylic acids is 1. The highest BCUT2D eigenvalue weighted by Crippen LogP contribution is 2.20. The molecule has 27 heavy (non-hydrogen) atoms. The summed E-state index contributed by atoms with van der Waals surface area (Å²) in [7, 11) is 0. The second-order valence-electron chi connectivity index (χ2n) is 6.10. The molecule has 0 bridgehead atoms. The summed E-state index contributed by atoms with van der Waals surface area (Å²) in [4.78, 5) is 23.1. The van der Waals surface area contributed by atoms with Crippen molar-refractivity contribution in [2.45, 2.75) is 19.8 Å². The summed E-state index contributed by atoms with van der Waals surface area (Å²) in [6.45, 7) is 4.23. The normalized spacial score (nSPS) is 10.8. The van der Waals surface area contributed by atoms with E-state index in [1.807, 2.05) is 24.3 Å². The Morgan fingerprint density at radius 3 is 2.41 bits per heavy atom. The molecule has 0 unspecified atom stereocenters. The molecule has 140 valence electrons. The molecule has 2 aromatic rings. The molecule has 0 saturated carbocycles. The van der Waals surface area contributed by atoms with E-state index in [4.69, 9.17) is 28.9 Å². The zero-order valence-corrected chi connectivity index (χ0v) is 16.4. The number of hydrogen-bond acceptors (Lipinski definition) is 3. The molecule has 0 fully saturated rings. The standard InChI is InChI=1S/C20H19ClN2O3S/c1-12(2)14-6-3-13(4-7-14)5-10-18(24)23-20(27)22-15-8-9-17(21)16(11-15)19(25)26/h3-12H,1-2H3,(H,25,26)(H2,22,23,24,27). The molecule has 0 aliphatic rings. The molecule has 2 rings (SSSR count). The van der Waals surface area contributed by atoms with Gasteiger partial charge < -0.3 is 10.4 Å². The number of benzene rings is 2. The highest BCUT2D eigenvalue weighted by Gasteiger charge is 2.10. The first-order chi connectivity index (χ1) is 12.8. The maximum atomic E-state index is 12.0. The lowest BCUT2D eigenvalue weighted by Gasteiger charge is -2.09. The van der Waals surface area contributed by atoms with Crippen LogP contribution in [0.2, 0.25) is 5.02 Å². The number of carboxylic acids is 1. The number of nitrogens with one attached hydrogen (secondary N) is 2. The lowest BCUT2D eigenvalue weighted by atomic mass is 10.0. The Kier molecular flexibility index (Phi) is 7.10. The molecular weight excluding hydrogens is 384 g/mol. The van der Waals surface area contributed by atoms with Crippen molar-refractivity contribution in [3.8, 4) is 0 Å². The van der Waals surface area contributed by atoms with Crippen molar-refractivity contribution < 1.29 is 14.7 Å². The van der Waals surface area contributed by atoms with Gasteiger partial charge in [0, 0.05) is 11.8 Å². The number of carboxylic acid groups (broad SMARTS) is 1. The molecule has 1 amide bonds. The van der Waals surface area contributed by atoms with E-state index >= 15 is 0 Å². The molecule has 0 aromatic heterocycles. The number of anilines is 1. The monoisotopic (exact) mass is 402 g/mol. The molecule has 0 heterocycles. The van der Waals surface area contributed by atoms with Crippen molar-refractivity contribution in [3.05, 3.63) is 70.3 Å². The minimum Gasteiger partial charge on any atom is -0.478 e. The molecule has 0 saturated heterocycles. The largest absolute Gasteiger partial charge is 0.478 e. The van der Waals surface area contributed by atoms with Gasteiger partial charge in [0.15, 0.2) is 5.11 Å². The Labute approximate surface area is 168 Å². The molecule has 7 heteroatoms. The van der Waals surface area contributed by atoms with Gasteiger partial charge in [-0.05, 0) is 53.5 Å². The molecule has 0 aliphatic carbocycles. The minimum absolute atomic E-state index is 0.0541. The van der Waals surface area contributed by atoms with Crippen molar-refractivity contribution >= 4 is 52.6 Å². The van der Waals surface area contributed by atoms with E-state index in [-0.39, 0.29) is 15.7 Å². The van der Waals surface area contributed by atoms with Gasteiger partial charge in [0.05, 0.1) is 10.6 Å². The van der Waals surface area contributed by atoms with Crippen LogP contribution in [0.3, 0.4) is 0 Å². The second-order valence-corrected chi connectivity index (χ2v) is 6.91. The van der Waals surface area contributed by atoms with Crippen molar-refractivity contribution in [3.63, 3.8) is 0 Å². The Hall–Kier alpha value is -2.70. The van der Waals surface area contributed by atoms with Gasteiger partial charge in [-0.2, -0.15) is 0 Å². The van der Waals surface area contributed by atoms with Gasteiger partial charge >= 0.3 is 5.97 Å². The van der Waals surface area contributed by atoms with E-state index in [2.05, 4.69) is 24.5 Å². The first-order valence-corrected chi connectivity index (χ1v) is 8.97. The number of carbonyl (C=O) groups excluding carboxylic acids is 1. The molecule has 2 aromatic carbocycles. The first-order valence-electron chi connectivity index (χ1n) is 8.19. The number of amides is 1. The predicted octanol–water partition coefficient (Wildman–Crippen LogP) is 4.69. The van der Waals surface area contributed by atoms with Crippen LogP contribution in [0.15, 0.2) is 48.5 Å². The molecule has 3 N–H and O–H groups in total. The van der Waals surface area contributed by atoms with Gasteiger partial charge in [0.2, 0.25) is 5.91 Å². The Morgan fingerprint density at radius 1 is 1.15 bits per heavy atom. The number of rotatable bonds is 5. The SMILES string of the molecule is CC(C)c1ccc(C=CC(=O)NC(=S)Nc2ccc(Cl)c(C(=O)O)c2)cc1. The van der Waals surface area contributed by atoms with Crippen LogP contribution in [0.25, 0.3) is 6.08 Å². The van der Waals surface area contributed by atoms with Crippen LogP contribution in [-0.4, -0.2) is 22.1 Å². The quantitative estimate of drug-likeness (QED) is 0.499. The zero-order chi connectivity index (χ0) is 20.0. The molecule has 5 nitrogen and oxygen atoms in total. The van der Waals surface area contributed by atoms with E-state index in [0.717, 1.165) is 5.56 Å². The number of halogens is 1. The summed E-state index contributed by atoms with van der Waals surface area (Å²) in [5.74, 6) is -1.10. The van der Waals surface area contributed by atoms with Crippen LogP contribution in [0, 0.1) is 0 Å². The third kappa shape index (κ3) is 6.20. The molecule has 0 atom stereocenters. The first kappa shape index (κ1) is 20.6. The number of hydrogen-bond donors (Lipinski definition) is 3.